The van der Waals surface area contributed by atoms with Crippen LogP contribution in [0.4, 0.5) is 16.5 Å². The van der Waals surface area contributed by atoms with Crippen LogP contribution in [-0.2, 0) is 0 Å². The number of aromatic nitrogens is 2. The first-order valence-electron chi connectivity index (χ1n) is 9.97. The third-order valence-corrected chi connectivity index (χ3v) is 5.93. The van der Waals surface area contributed by atoms with E-state index in [4.69, 9.17) is 0 Å². The normalized spacial score (nSPS) is 11.8. The molecule has 1 unspecified atom stereocenters. The highest BCUT2D eigenvalue weighted by atomic mass is 32.1. The topological polar surface area (TPSA) is 110 Å². The Bertz CT molecular complexity index is 1320. The molecule has 0 saturated heterocycles. The Morgan fingerprint density at radius 1 is 1.16 bits per heavy atom. The van der Waals surface area contributed by atoms with Gasteiger partial charge in [-0.3, -0.25) is 25.2 Å². The summed E-state index contributed by atoms with van der Waals surface area (Å²) in [5.41, 5.74) is 4.06. The molecule has 1 atom stereocenters. The molecule has 162 valence electrons. The Kier molecular flexibility index (Phi) is 5.83. The van der Waals surface area contributed by atoms with Crippen molar-refractivity contribution in [2.45, 2.75) is 26.8 Å². The molecule has 2 aromatic carbocycles. The second-order valence-electron chi connectivity index (χ2n) is 7.51. The molecule has 4 rings (SSSR count). The van der Waals surface area contributed by atoms with E-state index in [0.29, 0.717) is 10.8 Å². The zero-order chi connectivity index (χ0) is 22.8. The number of aryl methyl sites for hydroxylation is 2. The lowest BCUT2D eigenvalue weighted by atomic mass is 10.1. The number of fused-ring (bicyclic) bond motifs is 1. The molecular formula is C23H21N5O3S. The van der Waals surface area contributed by atoms with Gasteiger partial charge in [0, 0.05) is 17.8 Å². The Hall–Kier alpha value is -3.85. The van der Waals surface area contributed by atoms with Gasteiger partial charge in [-0.15, -0.1) is 0 Å². The second kappa shape index (κ2) is 8.72. The summed E-state index contributed by atoms with van der Waals surface area (Å²) in [4.78, 5) is 32.7. The van der Waals surface area contributed by atoms with Crippen LogP contribution >= 0.6 is 11.3 Å². The van der Waals surface area contributed by atoms with Crippen molar-refractivity contribution in [2.24, 2.45) is 0 Å². The average Bonchev–Trinajstić information content (AvgIpc) is 3.17. The van der Waals surface area contributed by atoms with Gasteiger partial charge in [0.15, 0.2) is 5.13 Å². The van der Waals surface area contributed by atoms with E-state index >= 15 is 0 Å². The number of nitro groups is 1. The van der Waals surface area contributed by atoms with Gasteiger partial charge in [0.25, 0.3) is 11.6 Å². The largest absolute Gasteiger partial charge is 0.371 e. The van der Waals surface area contributed by atoms with Crippen LogP contribution in [0.3, 0.4) is 0 Å². The maximum absolute atomic E-state index is 12.8. The van der Waals surface area contributed by atoms with Gasteiger partial charge in [-0.25, -0.2) is 4.98 Å². The summed E-state index contributed by atoms with van der Waals surface area (Å²) >= 11 is 1.37. The number of nitro benzene ring substituents is 1. The van der Waals surface area contributed by atoms with Crippen molar-refractivity contribution in [3.63, 3.8) is 0 Å². The fourth-order valence-electron chi connectivity index (χ4n) is 3.48. The smallest absolute Gasteiger partial charge is 0.293 e. The molecule has 9 heteroatoms. The van der Waals surface area contributed by atoms with Gasteiger partial charge in [-0.05, 0) is 62.2 Å². The number of thiazole rings is 1. The van der Waals surface area contributed by atoms with Gasteiger partial charge in [0.2, 0.25) is 0 Å². The molecule has 2 N–H and O–H groups in total. The number of rotatable bonds is 6. The fourth-order valence-corrected chi connectivity index (χ4v) is 4.52. The summed E-state index contributed by atoms with van der Waals surface area (Å²) in [6, 6.07) is 13.7. The zero-order valence-electron chi connectivity index (χ0n) is 17.7. The highest BCUT2D eigenvalue weighted by Crippen LogP contribution is 2.31. The summed E-state index contributed by atoms with van der Waals surface area (Å²) in [5.74, 6) is -0.453. The monoisotopic (exact) mass is 447 g/mol. The Labute approximate surface area is 188 Å². The lowest BCUT2D eigenvalue weighted by Gasteiger charge is -2.15. The summed E-state index contributed by atoms with van der Waals surface area (Å²) < 4.78 is 0.979. The maximum atomic E-state index is 12.8. The number of nitrogens with zero attached hydrogens (tertiary/aromatic N) is 3. The molecule has 8 nitrogen and oxygen atoms in total. The molecule has 0 saturated carbocycles. The molecule has 0 aliphatic carbocycles. The number of carbonyl (C=O) groups is 1. The van der Waals surface area contributed by atoms with Gasteiger partial charge >= 0.3 is 0 Å². The minimum Gasteiger partial charge on any atom is -0.371 e. The van der Waals surface area contributed by atoms with Crippen molar-refractivity contribution in [2.75, 3.05) is 10.6 Å². The van der Waals surface area contributed by atoms with Gasteiger partial charge in [0.05, 0.1) is 26.9 Å². The van der Waals surface area contributed by atoms with E-state index in [0.717, 1.165) is 27.0 Å². The lowest BCUT2D eigenvalue weighted by Crippen LogP contribution is -2.13. The number of benzene rings is 2. The molecule has 0 spiro atoms. The van der Waals surface area contributed by atoms with Crippen LogP contribution in [-0.4, -0.2) is 20.8 Å². The van der Waals surface area contributed by atoms with Crippen molar-refractivity contribution in [1.82, 2.24) is 9.97 Å². The fraction of sp³-hybridized carbons (Fsp3) is 0.174. The number of hydrogen-bond acceptors (Lipinski definition) is 7. The Balaban J connectivity index is 1.57. The predicted octanol–water partition coefficient (Wildman–Crippen LogP) is 5.64. The summed E-state index contributed by atoms with van der Waals surface area (Å²) in [7, 11) is 0. The minimum absolute atomic E-state index is 0.180. The number of nitrogens with one attached hydrogen (secondary N) is 2. The molecule has 0 aliphatic rings. The highest BCUT2D eigenvalue weighted by Gasteiger charge is 2.20. The van der Waals surface area contributed by atoms with Crippen LogP contribution in [0.1, 0.15) is 40.1 Å². The third kappa shape index (κ3) is 4.42. The Morgan fingerprint density at radius 2 is 1.97 bits per heavy atom. The molecular weight excluding hydrogens is 426 g/mol. The number of pyridine rings is 1. The highest BCUT2D eigenvalue weighted by molar-refractivity contribution is 7.22. The van der Waals surface area contributed by atoms with E-state index in [2.05, 4.69) is 20.6 Å². The van der Waals surface area contributed by atoms with E-state index in [1.807, 2.05) is 45.0 Å². The summed E-state index contributed by atoms with van der Waals surface area (Å²) in [6.07, 6.45) is 1.67. The molecule has 32 heavy (non-hydrogen) atoms. The summed E-state index contributed by atoms with van der Waals surface area (Å²) in [5, 5.41) is 18.0. The second-order valence-corrected chi connectivity index (χ2v) is 8.54. The molecule has 0 radical (unpaired) electrons. The van der Waals surface area contributed by atoms with Gasteiger partial charge < -0.3 is 5.32 Å². The SMILES string of the molecule is Cc1cc(C)c2nc(NC(=O)c3ccc(NC(C)c4ccccn4)c([N+](=O)[O-])c3)sc2c1. The van der Waals surface area contributed by atoms with Gasteiger partial charge in [0.1, 0.15) is 5.69 Å². The predicted molar refractivity (Wildman–Crippen MR) is 126 cm³/mol. The minimum atomic E-state index is -0.506. The number of hydrogen-bond donors (Lipinski definition) is 2. The number of amides is 1. The lowest BCUT2D eigenvalue weighted by molar-refractivity contribution is -0.384. The van der Waals surface area contributed by atoms with Crippen LogP contribution in [0.25, 0.3) is 10.2 Å². The zero-order valence-corrected chi connectivity index (χ0v) is 18.6. The molecule has 0 aliphatic heterocycles. The van der Waals surface area contributed by atoms with Crippen molar-refractivity contribution in [1.29, 1.82) is 0 Å². The van der Waals surface area contributed by atoms with E-state index in [1.165, 1.54) is 17.4 Å². The first-order valence-corrected chi connectivity index (χ1v) is 10.8. The number of carbonyl (C=O) groups excluding carboxylic acids is 1. The van der Waals surface area contributed by atoms with Crippen LogP contribution in [0.5, 0.6) is 0 Å². The molecule has 4 aromatic rings. The van der Waals surface area contributed by atoms with E-state index in [-0.39, 0.29) is 17.3 Å². The van der Waals surface area contributed by atoms with Crippen LogP contribution in [0.2, 0.25) is 0 Å². The number of anilines is 2. The molecule has 0 fully saturated rings. The summed E-state index contributed by atoms with van der Waals surface area (Å²) in [6.45, 7) is 5.85. The van der Waals surface area contributed by atoms with E-state index < -0.39 is 10.8 Å². The van der Waals surface area contributed by atoms with E-state index in [1.54, 1.807) is 24.4 Å². The van der Waals surface area contributed by atoms with Crippen LogP contribution < -0.4 is 10.6 Å². The van der Waals surface area contributed by atoms with Crippen molar-refractivity contribution >= 4 is 44.0 Å². The molecule has 1 amide bonds. The standard InChI is InChI=1S/C23H21N5O3S/c1-13-10-14(2)21-20(11-13)32-23(26-21)27-22(29)16-7-8-18(19(12-16)28(30)31)25-15(3)17-6-4-5-9-24-17/h4-12,15,25H,1-3H3,(H,26,27,29). The van der Waals surface area contributed by atoms with Crippen molar-refractivity contribution < 1.29 is 9.72 Å². The van der Waals surface area contributed by atoms with Crippen molar-refractivity contribution in [3.8, 4) is 0 Å². The van der Waals surface area contributed by atoms with E-state index in [9.17, 15) is 14.9 Å². The van der Waals surface area contributed by atoms with Gasteiger partial charge in [-0.2, -0.15) is 0 Å². The molecule has 2 heterocycles. The van der Waals surface area contributed by atoms with Crippen molar-refractivity contribution in [3.05, 3.63) is 87.2 Å². The van der Waals surface area contributed by atoms with Gasteiger partial charge in [-0.1, -0.05) is 23.5 Å². The maximum Gasteiger partial charge on any atom is 0.293 e. The first-order chi connectivity index (χ1) is 15.3. The third-order valence-electron chi connectivity index (χ3n) is 5.01. The molecule has 0 bridgehead atoms. The van der Waals surface area contributed by atoms with Crippen LogP contribution in [0.15, 0.2) is 54.7 Å². The molecule has 2 aromatic heterocycles. The first kappa shape index (κ1) is 21.4. The average molecular weight is 448 g/mol. The quantitative estimate of drug-likeness (QED) is 0.292. The Morgan fingerprint density at radius 3 is 2.69 bits per heavy atom. The van der Waals surface area contributed by atoms with Crippen LogP contribution in [0, 0.1) is 24.0 Å².